The number of carboxylic acids is 1. The highest BCUT2D eigenvalue weighted by atomic mass is 16.4. The van der Waals surface area contributed by atoms with E-state index in [2.05, 4.69) is 15.6 Å². The van der Waals surface area contributed by atoms with Gasteiger partial charge in [-0.05, 0) is 49.1 Å². The predicted octanol–water partition coefficient (Wildman–Crippen LogP) is 4.94. The Morgan fingerprint density at radius 1 is 0.976 bits per heavy atom. The molecule has 1 aliphatic rings. The standard InChI is InChI=1S/C33H35N5O4/c1-21(2)35-33(42)36-26-15-14-23(16-22(26)3)18-37-20-34-27-19-38(29(32(40)41)17-28(27)37)31(39)30(24-10-6-4-7-11-24)25-12-8-5-9-13-25/h4-16,20-21,29-30H,17-19H2,1-3H3,(H,40,41)(H2,35,36,42)/t29-/m0/s1. The molecule has 0 saturated heterocycles. The van der Waals surface area contributed by atoms with Crippen LogP contribution >= 0.6 is 0 Å². The van der Waals surface area contributed by atoms with Crippen molar-refractivity contribution in [1.29, 1.82) is 0 Å². The molecule has 3 N–H and O–H groups in total. The van der Waals surface area contributed by atoms with Gasteiger partial charge in [0.15, 0.2) is 0 Å². The van der Waals surface area contributed by atoms with Gasteiger partial charge in [0.1, 0.15) is 6.04 Å². The maximum atomic E-state index is 14.1. The number of carbonyl (C=O) groups excluding carboxylic acids is 2. The van der Waals surface area contributed by atoms with Crippen molar-refractivity contribution in [2.45, 2.75) is 58.3 Å². The van der Waals surface area contributed by atoms with Crippen LogP contribution < -0.4 is 10.6 Å². The Bertz CT molecular complexity index is 1540. The number of aryl methyl sites for hydroxylation is 1. The first-order valence-corrected chi connectivity index (χ1v) is 14.0. The van der Waals surface area contributed by atoms with Gasteiger partial charge in [-0.3, -0.25) is 4.79 Å². The Morgan fingerprint density at radius 3 is 2.19 bits per heavy atom. The third-order valence-electron chi connectivity index (χ3n) is 7.51. The summed E-state index contributed by atoms with van der Waals surface area (Å²) in [5.74, 6) is -1.94. The summed E-state index contributed by atoms with van der Waals surface area (Å²) in [7, 11) is 0. The summed E-state index contributed by atoms with van der Waals surface area (Å²) in [6, 6.07) is 23.4. The molecule has 9 nitrogen and oxygen atoms in total. The van der Waals surface area contributed by atoms with Crippen LogP contribution in [0.2, 0.25) is 0 Å². The first kappa shape index (κ1) is 28.6. The summed E-state index contributed by atoms with van der Waals surface area (Å²) in [5.41, 5.74) is 5.73. The molecular formula is C33H35N5O4. The van der Waals surface area contributed by atoms with Gasteiger partial charge in [0.25, 0.3) is 0 Å². The number of hydrogen-bond donors (Lipinski definition) is 3. The molecule has 2 heterocycles. The molecule has 0 spiro atoms. The second-order valence-electron chi connectivity index (χ2n) is 10.9. The molecule has 0 saturated carbocycles. The van der Waals surface area contributed by atoms with Crippen molar-refractivity contribution in [1.82, 2.24) is 19.8 Å². The molecule has 4 aromatic rings. The molecule has 3 aromatic carbocycles. The average Bonchev–Trinajstić information content (AvgIpc) is 3.36. The number of imidazole rings is 1. The number of carboxylic acid groups (broad SMARTS) is 1. The molecule has 0 radical (unpaired) electrons. The molecule has 3 amide bonds. The molecule has 9 heteroatoms. The van der Waals surface area contributed by atoms with Gasteiger partial charge in [0, 0.05) is 30.4 Å². The van der Waals surface area contributed by atoms with Crippen LogP contribution in [0.15, 0.2) is 85.2 Å². The molecule has 0 fully saturated rings. The van der Waals surface area contributed by atoms with Crippen LogP contribution in [-0.2, 0) is 29.1 Å². The van der Waals surface area contributed by atoms with Crippen molar-refractivity contribution in [2.75, 3.05) is 5.32 Å². The van der Waals surface area contributed by atoms with E-state index in [0.29, 0.717) is 12.2 Å². The molecule has 0 bridgehead atoms. The van der Waals surface area contributed by atoms with Gasteiger partial charge in [-0.15, -0.1) is 0 Å². The first-order chi connectivity index (χ1) is 20.2. The quantitative estimate of drug-likeness (QED) is 0.280. The summed E-state index contributed by atoms with van der Waals surface area (Å²) in [4.78, 5) is 44.8. The fourth-order valence-corrected chi connectivity index (χ4v) is 5.49. The van der Waals surface area contributed by atoms with Crippen LogP contribution in [0.5, 0.6) is 0 Å². The van der Waals surface area contributed by atoms with Gasteiger partial charge in [-0.2, -0.15) is 0 Å². The lowest BCUT2D eigenvalue weighted by atomic mass is 9.88. The lowest BCUT2D eigenvalue weighted by molar-refractivity contribution is -0.151. The van der Waals surface area contributed by atoms with E-state index in [-0.39, 0.29) is 30.9 Å². The second-order valence-corrected chi connectivity index (χ2v) is 10.9. The van der Waals surface area contributed by atoms with Crippen molar-refractivity contribution in [3.63, 3.8) is 0 Å². The molecule has 1 atom stereocenters. The normalized spacial score (nSPS) is 14.5. The van der Waals surface area contributed by atoms with Crippen molar-refractivity contribution < 1.29 is 19.5 Å². The minimum absolute atomic E-state index is 0.0282. The number of amides is 3. The number of rotatable bonds is 8. The number of benzene rings is 3. The van der Waals surface area contributed by atoms with Crippen molar-refractivity contribution >= 4 is 23.6 Å². The molecule has 216 valence electrons. The van der Waals surface area contributed by atoms with Crippen molar-refractivity contribution in [3.8, 4) is 0 Å². The van der Waals surface area contributed by atoms with Gasteiger partial charge in [-0.1, -0.05) is 72.8 Å². The van der Waals surface area contributed by atoms with Crippen LogP contribution in [-0.4, -0.2) is 49.5 Å². The Kier molecular flexibility index (Phi) is 8.38. The number of aromatic nitrogens is 2. The SMILES string of the molecule is Cc1cc(Cn2cnc3c2C[C@@H](C(=O)O)N(C(=O)C(c2ccccc2)c2ccccc2)C3)ccc1NC(=O)NC(C)C. The summed E-state index contributed by atoms with van der Waals surface area (Å²) in [6.07, 6.45) is 1.86. The smallest absolute Gasteiger partial charge is 0.326 e. The first-order valence-electron chi connectivity index (χ1n) is 14.0. The zero-order valence-electron chi connectivity index (χ0n) is 23.9. The number of hydrogen-bond acceptors (Lipinski definition) is 4. The number of aliphatic carboxylic acids is 1. The van der Waals surface area contributed by atoms with Crippen molar-refractivity contribution in [2.24, 2.45) is 0 Å². The third kappa shape index (κ3) is 6.20. The fourth-order valence-electron chi connectivity index (χ4n) is 5.49. The van der Waals surface area contributed by atoms with Crippen LogP contribution in [0.4, 0.5) is 10.5 Å². The highest BCUT2D eigenvalue weighted by Gasteiger charge is 2.40. The van der Waals surface area contributed by atoms with E-state index >= 15 is 0 Å². The van der Waals surface area contributed by atoms with Crippen LogP contribution in [0, 0.1) is 6.92 Å². The summed E-state index contributed by atoms with van der Waals surface area (Å²) in [6.45, 7) is 6.32. The number of fused-ring (bicyclic) bond motifs is 1. The van der Waals surface area contributed by atoms with Gasteiger partial charge >= 0.3 is 12.0 Å². The molecule has 0 unspecified atom stereocenters. The molecule has 1 aliphatic heterocycles. The summed E-state index contributed by atoms with van der Waals surface area (Å²) < 4.78 is 1.95. The number of carbonyl (C=O) groups is 3. The summed E-state index contributed by atoms with van der Waals surface area (Å²) in [5, 5.41) is 15.9. The number of nitrogens with zero attached hydrogens (tertiary/aromatic N) is 3. The van der Waals surface area contributed by atoms with E-state index in [9.17, 15) is 19.5 Å². The maximum Gasteiger partial charge on any atom is 0.326 e. The Balaban J connectivity index is 1.39. The zero-order chi connectivity index (χ0) is 29.8. The minimum Gasteiger partial charge on any atom is -0.480 e. The van der Waals surface area contributed by atoms with E-state index < -0.39 is 17.9 Å². The predicted molar refractivity (Wildman–Crippen MR) is 160 cm³/mol. The Morgan fingerprint density at radius 2 is 1.62 bits per heavy atom. The third-order valence-corrected chi connectivity index (χ3v) is 7.51. The monoisotopic (exact) mass is 565 g/mol. The number of nitrogens with one attached hydrogen (secondary N) is 2. The summed E-state index contributed by atoms with van der Waals surface area (Å²) >= 11 is 0. The average molecular weight is 566 g/mol. The van der Waals surface area contributed by atoms with Crippen LogP contribution in [0.1, 0.15) is 53.4 Å². The van der Waals surface area contributed by atoms with E-state index in [1.165, 1.54) is 4.90 Å². The van der Waals surface area contributed by atoms with Gasteiger partial charge < -0.3 is 25.2 Å². The molecule has 42 heavy (non-hydrogen) atoms. The lowest BCUT2D eigenvalue weighted by Gasteiger charge is -2.35. The van der Waals surface area contributed by atoms with Gasteiger partial charge in [0.05, 0.1) is 24.5 Å². The van der Waals surface area contributed by atoms with E-state index in [1.807, 2.05) is 104 Å². The minimum atomic E-state index is -1.05. The van der Waals surface area contributed by atoms with Gasteiger partial charge in [-0.25, -0.2) is 14.6 Å². The highest BCUT2D eigenvalue weighted by Crippen LogP contribution is 2.32. The molecule has 5 rings (SSSR count). The molecular weight excluding hydrogens is 530 g/mol. The van der Waals surface area contributed by atoms with E-state index in [4.69, 9.17) is 0 Å². The lowest BCUT2D eigenvalue weighted by Crippen LogP contribution is -2.50. The Labute approximate surface area is 245 Å². The number of urea groups is 1. The molecule has 1 aromatic heterocycles. The second kappa shape index (κ2) is 12.3. The van der Waals surface area contributed by atoms with Crippen molar-refractivity contribution in [3.05, 3.63) is 119 Å². The maximum absolute atomic E-state index is 14.1. The zero-order valence-corrected chi connectivity index (χ0v) is 23.9. The highest BCUT2D eigenvalue weighted by molar-refractivity contribution is 5.91. The molecule has 0 aliphatic carbocycles. The topological polar surface area (TPSA) is 117 Å². The Hall–Kier alpha value is -4.92. The van der Waals surface area contributed by atoms with E-state index in [0.717, 1.165) is 33.6 Å². The number of anilines is 1. The van der Waals surface area contributed by atoms with Crippen LogP contribution in [0.25, 0.3) is 0 Å². The van der Waals surface area contributed by atoms with Crippen LogP contribution in [0.3, 0.4) is 0 Å². The van der Waals surface area contributed by atoms with E-state index in [1.54, 1.807) is 6.33 Å². The van der Waals surface area contributed by atoms with Gasteiger partial charge in [0.2, 0.25) is 5.91 Å². The fraction of sp³-hybridized carbons (Fsp3) is 0.273. The largest absolute Gasteiger partial charge is 0.480 e.